The summed E-state index contributed by atoms with van der Waals surface area (Å²) in [5, 5.41) is 4.50. The number of amides is 1. The Morgan fingerprint density at radius 2 is 1.96 bits per heavy atom. The van der Waals surface area contributed by atoms with Crippen LogP contribution in [0.1, 0.15) is 43.7 Å². The molecule has 1 amide bonds. The van der Waals surface area contributed by atoms with Crippen LogP contribution in [0.25, 0.3) is 0 Å². The van der Waals surface area contributed by atoms with Crippen LogP contribution >= 0.6 is 23.4 Å². The summed E-state index contributed by atoms with van der Waals surface area (Å²) in [6.45, 7) is 6.35. The van der Waals surface area contributed by atoms with Crippen molar-refractivity contribution in [1.82, 2.24) is 5.32 Å². The molecule has 1 saturated carbocycles. The number of nitrogens with one attached hydrogen (secondary N) is 1. The average Bonchev–Trinajstić information content (AvgIpc) is 3.02. The summed E-state index contributed by atoms with van der Waals surface area (Å²) in [6, 6.07) is 3.74. The van der Waals surface area contributed by atoms with Gasteiger partial charge in [-0.3, -0.25) is 4.79 Å². The number of hydrogen-bond acceptors (Lipinski definition) is 3. The second-order valence-corrected chi connectivity index (χ2v) is 7.99. The number of carbonyl (C=O) groups is 1. The van der Waals surface area contributed by atoms with E-state index in [1.165, 1.54) is 25.7 Å². The lowest BCUT2D eigenvalue weighted by Crippen LogP contribution is -2.37. The molecule has 0 radical (unpaired) electrons. The molecule has 0 spiro atoms. The van der Waals surface area contributed by atoms with Gasteiger partial charge in [0.25, 0.3) is 5.91 Å². The molecule has 0 unspecified atom stereocenters. The molecule has 0 aromatic heterocycles. The van der Waals surface area contributed by atoms with E-state index in [0.29, 0.717) is 12.3 Å². The van der Waals surface area contributed by atoms with Crippen molar-refractivity contribution in [3.8, 4) is 5.75 Å². The van der Waals surface area contributed by atoms with E-state index in [9.17, 15) is 4.79 Å². The lowest BCUT2D eigenvalue weighted by atomic mass is 10.1. The summed E-state index contributed by atoms with van der Waals surface area (Å²) >= 11 is 8.13. The largest absolute Gasteiger partial charge is 0.481 e. The van der Waals surface area contributed by atoms with Gasteiger partial charge < -0.3 is 10.1 Å². The van der Waals surface area contributed by atoms with Crippen molar-refractivity contribution in [1.29, 1.82) is 0 Å². The minimum Gasteiger partial charge on any atom is -0.481 e. The number of ether oxygens (including phenoxy) is 1. The van der Waals surface area contributed by atoms with Crippen molar-refractivity contribution in [3.63, 3.8) is 0 Å². The van der Waals surface area contributed by atoms with Gasteiger partial charge in [0.2, 0.25) is 0 Å². The van der Waals surface area contributed by atoms with Gasteiger partial charge in [-0.05, 0) is 56.9 Å². The number of benzene rings is 1. The van der Waals surface area contributed by atoms with E-state index >= 15 is 0 Å². The van der Waals surface area contributed by atoms with Crippen molar-refractivity contribution in [2.24, 2.45) is 0 Å². The molecule has 23 heavy (non-hydrogen) atoms. The predicted molar refractivity (Wildman–Crippen MR) is 98.7 cm³/mol. The zero-order chi connectivity index (χ0) is 16.8. The third kappa shape index (κ3) is 5.61. The van der Waals surface area contributed by atoms with Crippen LogP contribution in [-0.4, -0.2) is 29.6 Å². The number of hydrogen-bond donors (Lipinski definition) is 1. The van der Waals surface area contributed by atoms with Gasteiger partial charge in [-0.25, -0.2) is 0 Å². The fourth-order valence-corrected chi connectivity index (χ4v) is 4.16. The first-order valence-electron chi connectivity index (χ1n) is 8.30. The van der Waals surface area contributed by atoms with Gasteiger partial charge >= 0.3 is 0 Å². The van der Waals surface area contributed by atoms with E-state index in [0.717, 1.165) is 27.2 Å². The van der Waals surface area contributed by atoms with E-state index in [4.69, 9.17) is 16.3 Å². The van der Waals surface area contributed by atoms with Crippen LogP contribution in [0.4, 0.5) is 0 Å². The molecule has 3 nitrogen and oxygen atoms in total. The summed E-state index contributed by atoms with van der Waals surface area (Å²) in [5.74, 6) is 1.59. The molecular formula is C18H26ClNO2S. The standard InChI is InChI=1S/C18H26ClNO2S/c1-12-10-15(11-13(2)17(12)19)22-14(3)18(21)20-8-9-23-16-6-4-5-7-16/h10-11,14,16H,4-9H2,1-3H3,(H,20,21)/t14-/m0/s1. The second-order valence-electron chi connectivity index (χ2n) is 6.20. The second kappa shape index (κ2) is 8.84. The Morgan fingerprint density at radius 1 is 1.35 bits per heavy atom. The summed E-state index contributed by atoms with van der Waals surface area (Å²) in [6.07, 6.45) is 4.86. The Bertz CT molecular complexity index is 521. The van der Waals surface area contributed by atoms with E-state index < -0.39 is 6.10 Å². The number of rotatable bonds is 7. The lowest BCUT2D eigenvalue weighted by molar-refractivity contribution is -0.127. The monoisotopic (exact) mass is 355 g/mol. The van der Waals surface area contributed by atoms with Crippen LogP contribution in [-0.2, 0) is 4.79 Å². The van der Waals surface area contributed by atoms with Gasteiger partial charge in [0.1, 0.15) is 5.75 Å². The third-order valence-electron chi connectivity index (χ3n) is 4.15. The first kappa shape index (κ1) is 18.5. The maximum Gasteiger partial charge on any atom is 0.260 e. The van der Waals surface area contributed by atoms with Gasteiger partial charge in [0, 0.05) is 22.6 Å². The van der Waals surface area contributed by atoms with Crippen molar-refractivity contribution in [3.05, 3.63) is 28.3 Å². The molecule has 5 heteroatoms. The fourth-order valence-electron chi connectivity index (χ4n) is 2.83. The van der Waals surface area contributed by atoms with Crippen LogP contribution in [0.2, 0.25) is 5.02 Å². The minimum atomic E-state index is -0.508. The van der Waals surface area contributed by atoms with Gasteiger partial charge in [-0.2, -0.15) is 11.8 Å². The van der Waals surface area contributed by atoms with Gasteiger partial charge in [-0.1, -0.05) is 24.4 Å². The number of aryl methyl sites for hydroxylation is 2. The third-order valence-corrected chi connectivity index (χ3v) is 6.13. The molecule has 0 aliphatic heterocycles. The summed E-state index contributed by atoms with van der Waals surface area (Å²) in [7, 11) is 0. The first-order chi connectivity index (χ1) is 11.0. The van der Waals surface area contributed by atoms with Crippen LogP contribution in [0, 0.1) is 13.8 Å². The number of thioether (sulfide) groups is 1. The molecule has 2 rings (SSSR count). The Balaban J connectivity index is 1.73. The highest BCUT2D eigenvalue weighted by Crippen LogP contribution is 2.29. The van der Waals surface area contributed by atoms with Crippen molar-refractivity contribution < 1.29 is 9.53 Å². The van der Waals surface area contributed by atoms with Gasteiger partial charge in [0.05, 0.1) is 0 Å². The number of carbonyl (C=O) groups excluding carboxylic acids is 1. The highest BCUT2D eigenvalue weighted by Gasteiger charge is 2.17. The summed E-state index contributed by atoms with van der Waals surface area (Å²) < 4.78 is 5.75. The highest BCUT2D eigenvalue weighted by atomic mass is 35.5. The normalized spacial score (nSPS) is 16.3. The number of halogens is 1. The Kier molecular flexibility index (Phi) is 7.09. The van der Waals surface area contributed by atoms with Crippen molar-refractivity contribution >= 4 is 29.3 Å². The SMILES string of the molecule is Cc1cc(O[C@@H](C)C(=O)NCCSC2CCCC2)cc(C)c1Cl. The quantitative estimate of drug-likeness (QED) is 0.731. The molecule has 1 aliphatic carbocycles. The Morgan fingerprint density at radius 3 is 2.57 bits per heavy atom. The average molecular weight is 356 g/mol. The first-order valence-corrected chi connectivity index (χ1v) is 9.72. The minimum absolute atomic E-state index is 0.0673. The molecule has 1 atom stereocenters. The highest BCUT2D eigenvalue weighted by molar-refractivity contribution is 7.99. The molecule has 1 fully saturated rings. The van der Waals surface area contributed by atoms with Crippen LogP contribution in [0.3, 0.4) is 0 Å². The maximum absolute atomic E-state index is 12.1. The molecule has 0 heterocycles. The molecule has 128 valence electrons. The molecule has 1 aromatic rings. The van der Waals surface area contributed by atoms with E-state index in [2.05, 4.69) is 5.32 Å². The zero-order valence-electron chi connectivity index (χ0n) is 14.2. The van der Waals surface area contributed by atoms with Crippen molar-refractivity contribution in [2.45, 2.75) is 57.8 Å². The molecule has 0 saturated heterocycles. The van der Waals surface area contributed by atoms with Gasteiger partial charge in [-0.15, -0.1) is 0 Å². The smallest absolute Gasteiger partial charge is 0.260 e. The van der Waals surface area contributed by atoms with E-state index in [-0.39, 0.29) is 5.91 Å². The molecule has 1 aliphatic rings. The molecular weight excluding hydrogens is 330 g/mol. The Labute approximate surface area is 148 Å². The van der Waals surface area contributed by atoms with Gasteiger partial charge in [0.15, 0.2) is 6.10 Å². The Hall–Kier alpha value is -0.870. The summed E-state index contributed by atoms with van der Waals surface area (Å²) in [5.41, 5.74) is 1.92. The lowest BCUT2D eigenvalue weighted by Gasteiger charge is -2.16. The fraction of sp³-hybridized carbons (Fsp3) is 0.611. The zero-order valence-corrected chi connectivity index (χ0v) is 15.7. The van der Waals surface area contributed by atoms with Crippen LogP contribution < -0.4 is 10.1 Å². The van der Waals surface area contributed by atoms with E-state index in [1.807, 2.05) is 37.7 Å². The van der Waals surface area contributed by atoms with Crippen molar-refractivity contribution in [2.75, 3.05) is 12.3 Å². The predicted octanol–water partition coefficient (Wildman–Crippen LogP) is 4.52. The van der Waals surface area contributed by atoms with Crippen LogP contribution in [0.5, 0.6) is 5.75 Å². The molecule has 1 N–H and O–H groups in total. The topological polar surface area (TPSA) is 38.3 Å². The summed E-state index contributed by atoms with van der Waals surface area (Å²) in [4.78, 5) is 12.1. The maximum atomic E-state index is 12.1. The molecule has 0 bridgehead atoms. The van der Waals surface area contributed by atoms with E-state index in [1.54, 1.807) is 6.92 Å². The van der Waals surface area contributed by atoms with Crippen LogP contribution in [0.15, 0.2) is 12.1 Å². The molecule has 1 aromatic carbocycles.